The van der Waals surface area contributed by atoms with Crippen molar-refractivity contribution in [2.75, 3.05) is 34.2 Å². The van der Waals surface area contributed by atoms with Crippen LogP contribution in [-0.2, 0) is 30.3 Å². The van der Waals surface area contributed by atoms with Crippen LogP contribution in [0.1, 0.15) is 78.7 Å². The number of aliphatic hydroxyl groups is 3. The van der Waals surface area contributed by atoms with E-state index in [1.54, 1.807) is 32.7 Å². The fourth-order valence-corrected chi connectivity index (χ4v) is 8.29. The molecule has 0 saturated carbocycles. The number of aromatic nitrogens is 1. The number of benzene rings is 1. The van der Waals surface area contributed by atoms with Crippen molar-refractivity contribution in [3.63, 3.8) is 0 Å². The van der Waals surface area contributed by atoms with Crippen LogP contribution in [-0.4, -0.2) is 136 Å². The lowest BCUT2D eigenvalue weighted by atomic mass is 9.77. The van der Waals surface area contributed by atoms with E-state index in [0.29, 0.717) is 45.2 Å². The third kappa shape index (κ3) is 11.2. The molecular weight excluding hydrogens is 692 g/mol. The molecule has 14 nitrogen and oxygen atoms in total. The number of unbranched alkanes of at least 4 members (excludes halogenated alkanes) is 1. The van der Waals surface area contributed by atoms with Crippen molar-refractivity contribution in [3.05, 3.63) is 36.0 Å². The molecule has 4 rings (SSSR count). The van der Waals surface area contributed by atoms with Crippen LogP contribution in [0.3, 0.4) is 0 Å². The van der Waals surface area contributed by atoms with Crippen LogP contribution >= 0.6 is 0 Å². The highest BCUT2D eigenvalue weighted by molar-refractivity contribution is 5.86. The second-order valence-corrected chi connectivity index (χ2v) is 16.6. The van der Waals surface area contributed by atoms with E-state index in [2.05, 4.69) is 15.6 Å². The van der Waals surface area contributed by atoms with Gasteiger partial charge >= 0.3 is 0 Å². The molecule has 2 aromatic rings. The summed E-state index contributed by atoms with van der Waals surface area (Å²) in [4.78, 5) is 46.7. The SMILES string of the molecule is CC1CC(N(C)C)[C@@H](O)C(O[C@@H]2[C@@H](C)[C@H](O)C(C)C(=O)NC(CCCCNC(=O)C(N)Cc3c[nH]c4ccccc34)CC(=O)N(C)C[C@H](C)CC2(C)O)O1. The molecule has 2 saturated heterocycles. The Labute approximate surface area is 320 Å². The predicted octanol–water partition coefficient (Wildman–Crippen LogP) is 1.89. The van der Waals surface area contributed by atoms with Gasteiger partial charge in [-0.2, -0.15) is 0 Å². The van der Waals surface area contributed by atoms with E-state index in [1.807, 2.05) is 63.3 Å². The highest BCUT2D eigenvalue weighted by Gasteiger charge is 2.47. The first-order valence-corrected chi connectivity index (χ1v) is 19.6. The average molecular weight is 759 g/mol. The monoisotopic (exact) mass is 758 g/mol. The number of H-pyrrole nitrogens is 1. The Morgan fingerprint density at radius 1 is 1.15 bits per heavy atom. The zero-order valence-corrected chi connectivity index (χ0v) is 33.5. The van der Waals surface area contributed by atoms with E-state index >= 15 is 0 Å². The summed E-state index contributed by atoms with van der Waals surface area (Å²) in [6.07, 6.45) is 0.336. The lowest BCUT2D eigenvalue weighted by Crippen LogP contribution is -2.59. The number of nitrogens with one attached hydrogen (secondary N) is 3. The van der Waals surface area contributed by atoms with Crippen molar-refractivity contribution >= 4 is 28.6 Å². The largest absolute Gasteiger partial charge is 0.392 e. The van der Waals surface area contributed by atoms with Crippen LogP contribution in [0.15, 0.2) is 30.5 Å². The summed E-state index contributed by atoms with van der Waals surface area (Å²) >= 11 is 0. The van der Waals surface area contributed by atoms with Crippen molar-refractivity contribution in [3.8, 4) is 0 Å². The molecule has 2 aliphatic rings. The molecule has 12 atom stereocenters. The van der Waals surface area contributed by atoms with Crippen molar-refractivity contribution in [1.82, 2.24) is 25.4 Å². The molecule has 14 heteroatoms. The van der Waals surface area contributed by atoms with E-state index in [4.69, 9.17) is 15.2 Å². The molecular formula is C40H66N6O8. The molecule has 1 aromatic carbocycles. The molecule has 0 spiro atoms. The Kier molecular flexibility index (Phi) is 15.5. The van der Waals surface area contributed by atoms with E-state index < -0.39 is 60.0 Å². The molecule has 0 bridgehead atoms. The average Bonchev–Trinajstić information content (AvgIpc) is 3.51. The van der Waals surface area contributed by atoms with E-state index in [9.17, 15) is 29.7 Å². The summed E-state index contributed by atoms with van der Waals surface area (Å²) in [6.45, 7) is 9.58. The number of carbonyl (C=O) groups excluding carboxylic acids is 3. The van der Waals surface area contributed by atoms with Gasteiger partial charge in [-0.25, -0.2) is 0 Å². The second-order valence-electron chi connectivity index (χ2n) is 16.6. The summed E-state index contributed by atoms with van der Waals surface area (Å²) in [5, 5.41) is 41.9. The number of para-hydroxylation sites is 1. The third-order valence-corrected chi connectivity index (χ3v) is 11.4. The summed E-state index contributed by atoms with van der Waals surface area (Å²) in [5.74, 6) is -2.64. The molecule has 54 heavy (non-hydrogen) atoms. The molecule has 2 fully saturated rings. The van der Waals surface area contributed by atoms with Gasteiger partial charge in [-0.3, -0.25) is 14.4 Å². The maximum atomic E-state index is 13.7. The fourth-order valence-electron chi connectivity index (χ4n) is 8.29. The van der Waals surface area contributed by atoms with Crippen LogP contribution in [0.4, 0.5) is 0 Å². The van der Waals surface area contributed by atoms with Crippen LogP contribution < -0.4 is 16.4 Å². The third-order valence-electron chi connectivity index (χ3n) is 11.4. The maximum Gasteiger partial charge on any atom is 0.237 e. The first-order chi connectivity index (χ1) is 25.4. The van der Waals surface area contributed by atoms with Gasteiger partial charge in [-0.05, 0) is 84.0 Å². The molecule has 3 heterocycles. The van der Waals surface area contributed by atoms with Gasteiger partial charge in [0.25, 0.3) is 0 Å². The van der Waals surface area contributed by atoms with Gasteiger partial charge in [0.05, 0.1) is 35.9 Å². The second kappa shape index (κ2) is 19.2. The van der Waals surface area contributed by atoms with Gasteiger partial charge in [0.1, 0.15) is 6.10 Å². The zero-order chi connectivity index (χ0) is 39.9. The standard InChI is InChI=1S/C40H66N6O8/c1-23-20-40(5,52)36(54-39-35(49)32(45(6)7)17-24(2)53-39)25(3)34(48)26(4)37(50)44-28(19-33(47)46(8)22-23)13-11-12-16-42-38(51)30(41)18-27-21-43-31-15-10-9-14-29(27)31/h9-10,14-15,21,23-26,28,30,32,34-36,39,43,48-49,52H,11-13,16-20,22,41H2,1-8H3,(H,42,51)(H,44,50)/t23-,24?,25+,26?,28?,30?,32?,34+,35-,36-,39?,40?/m1/s1. The van der Waals surface area contributed by atoms with Crippen molar-refractivity contribution in [1.29, 1.82) is 0 Å². The molecule has 3 amide bonds. The number of aliphatic hydroxyl groups excluding tert-OH is 2. The van der Waals surface area contributed by atoms with Crippen molar-refractivity contribution in [2.45, 2.75) is 134 Å². The number of likely N-dealkylation sites (N-methyl/N-ethyl adjacent to an activating group) is 1. The topological polar surface area (TPSA) is 203 Å². The number of hydrogen-bond acceptors (Lipinski definition) is 10. The predicted molar refractivity (Wildman–Crippen MR) is 207 cm³/mol. The van der Waals surface area contributed by atoms with Gasteiger partial charge in [-0.15, -0.1) is 0 Å². The number of nitrogens with two attached hydrogens (primary N) is 1. The normalized spacial score (nSPS) is 34.1. The van der Waals surface area contributed by atoms with Crippen molar-refractivity contribution < 1.29 is 39.2 Å². The van der Waals surface area contributed by atoms with Crippen molar-refractivity contribution in [2.24, 2.45) is 23.5 Å². The number of nitrogens with zero attached hydrogens (tertiary/aromatic N) is 2. The smallest absolute Gasteiger partial charge is 0.237 e. The Balaban J connectivity index is 1.40. The van der Waals surface area contributed by atoms with E-state index in [1.165, 1.54) is 0 Å². The first-order valence-electron chi connectivity index (χ1n) is 19.6. The van der Waals surface area contributed by atoms with E-state index in [-0.39, 0.29) is 42.7 Å². The maximum absolute atomic E-state index is 13.7. The minimum Gasteiger partial charge on any atom is -0.392 e. The summed E-state index contributed by atoms with van der Waals surface area (Å²) in [7, 11) is 5.47. The van der Waals surface area contributed by atoms with Crippen LogP contribution in [0.25, 0.3) is 10.9 Å². The molecule has 0 aliphatic carbocycles. The number of amides is 3. The minimum atomic E-state index is -1.51. The van der Waals surface area contributed by atoms with Crippen LogP contribution in [0, 0.1) is 17.8 Å². The summed E-state index contributed by atoms with van der Waals surface area (Å²) in [6, 6.07) is 6.42. The summed E-state index contributed by atoms with van der Waals surface area (Å²) in [5.41, 5.74) is 6.70. The first kappa shape index (κ1) is 43.6. The number of hydrogen-bond donors (Lipinski definition) is 7. The number of carbonyl (C=O) groups is 3. The van der Waals surface area contributed by atoms with Crippen LogP contribution in [0.5, 0.6) is 0 Å². The molecule has 7 unspecified atom stereocenters. The Morgan fingerprint density at radius 3 is 2.56 bits per heavy atom. The number of rotatable bonds is 11. The summed E-state index contributed by atoms with van der Waals surface area (Å²) < 4.78 is 12.5. The minimum absolute atomic E-state index is 0.0689. The number of aromatic amines is 1. The highest BCUT2D eigenvalue weighted by Crippen LogP contribution is 2.35. The molecule has 8 N–H and O–H groups in total. The molecule has 1 aromatic heterocycles. The highest BCUT2D eigenvalue weighted by atomic mass is 16.7. The quantitative estimate of drug-likeness (QED) is 0.166. The fraction of sp³-hybridized carbons (Fsp3) is 0.725. The Hall–Kier alpha value is -3.11. The molecule has 2 aliphatic heterocycles. The molecule has 304 valence electrons. The lowest BCUT2D eigenvalue weighted by molar-refractivity contribution is -0.299. The van der Waals surface area contributed by atoms with Gasteiger partial charge in [-0.1, -0.05) is 39.0 Å². The Morgan fingerprint density at radius 2 is 1.85 bits per heavy atom. The van der Waals surface area contributed by atoms with E-state index in [0.717, 1.165) is 16.5 Å². The molecule has 0 radical (unpaired) electrons. The zero-order valence-electron chi connectivity index (χ0n) is 33.5. The van der Waals surface area contributed by atoms with Gasteiger partial charge in [0, 0.05) is 61.7 Å². The van der Waals surface area contributed by atoms with Gasteiger partial charge in [0.15, 0.2) is 6.29 Å². The van der Waals surface area contributed by atoms with Gasteiger partial charge < -0.3 is 55.9 Å². The lowest BCUT2D eigenvalue weighted by Gasteiger charge is -2.46. The Bertz CT molecular complexity index is 1530. The van der Waals surface area contributed by atoms with Gasteiger partial charge in [0.2, 0.25) is 17.7 Å². The van der Waals surface area contributed by atoms with Crippen LogP contribution in [0.2, 0.25) is 0 Å². The number of ether oxygens (including phenoxy) is 2. The number of fused-ring (bicyclic) bond motifs is 1.